The number of hydrogen-bond donors (Lipinski definition) is 0. The van der Waals surface area contributed by atoms with E-state index in [4.69, 9.17) is 12.2 Å². The molecule has 3 aromatic carbocycles. The Labute approximate surface area is 213 Å². The third kappa shape index (κ3) is 4.37. The first-order chi connectivity index (χ1) is 16.7. The molecule has 3 aromatic rings. The molecule has 0 bridgehead atoms. The number of carbonyl (C=O) groups is 1. The van der Waals surface area contributed by atoms with E-state index >= 15 is 0 Å². The number of para-hydroxylation sites is 1. The molecule has 0 aliphatic carbocycles. The van der Waals surface area contributed by atoms with Crippen molar-refractivity contribution in [2.24, 2.45) is 0 Å². The van der Waals surface area contributed by atoms with Gasteiger partial charge in [-0.25, -0.2) is 0 Å². The summed E-state index contributed by atoms with van der Waals surface area (Å²) in [5, 5.41) is 1.09. The first kappa shape index (κ1) is 22.7. The predicted octanol–water partition coefficient (Wildman–Crippen LogP) is 7.37. The van der Waals surface area contributed by atoms with E-state index in [-0.39, 0.29) is 5.91 Å². The van der Waals surface area contributed by atoms with Gasteiger partial charge in [0.05, 0.1) is 21.3 Å². The first-order valence-electron chi connectivity index (χ1n) is 11.0. The standard InChI is InChI=1S/C28H22N2OS3/c1-2-29-24(19-18-23-27(31)30(28(32)33-23)22-16-10-5-11-17-22)34-26(21-14-8-4-9-15-21)25(29)20-12-6-3-7-13-20/h3-19H,2H2,1H3/b23-18-,24-19-. The van der Waals surface area contributed by atoms with Crippen molar-refractivity contribution >= 4 is 62.3 Å². The van der Waals surface area contributed by atoms with Crippen LogP contribution in [0.15, 0.2) is 113 Å². The van der Waals surface area contributed by atoms with Crippen LogP contribution in [0.25, 0.3) is 10.6 Å². The van der Waals surface area contributed by atoms with Crippen molar-refractivity contribution in [3.8, 4) is 0 Å². The summed E-state index contributed by atoms with van der Waals surface area (Å²) in [6, 6.07) is 30.5. The molecule has 6 heteroatoms. The number of allylic oxidation sites excluding steroid dienone is 2. The van der Waals surface area contributed by atoms with Gasteiger partial charge in [-0.05, 0) is 42.3 Å². The summed E-state index contributed by atoms with van der Waals surface area (Å²) in [5.41, 5.74) is 4.35. The number of hydrogen-bond acceptors (Lipinski definition) is 5. The van der Waals surface area contributed by atoms with Gasteiger partial charge in [-0.1, -0.05) is 115 Å². The molecule has 1 amide bonds. The molecule has 3 nitrogen and oxygen atoms in total. The zero-order chi connectivity index (χ0) is 23.5. The number of amides is 1. The highest BCUT2D eigenvalue weighted by Gasteiger charge is 2.33. The average Bonchev–Trinajstić information content (AvgIpc) is 3.40. The Hall–Kier alpha value is -3.06. The van der Waals surface area contributed by atoms with Crippen LogP contribution in [-0.2, 0) is 4.79 Å². The monoisotopic (exact) mass is 498 g/mol. The third-order valence-electron chi connectivity index (χ3n) is 5.54. The molecule has 0 unspecified atom stereocenters. The largest absolute Gasteiger partial charge is 0.335 e. The molecule has 0 atom stereocenters. The molecule has 2 aliphatic rings. The van der Waals surface area contributed by atoms with Crippen LogP contribution < -0.4 is 4.90 Å². The van der Waals surface area contributed by atoms with Crippen molar-refractivity contribution in [2.75, 3.05) is 11.4 Å². The van der Waals surface area contributed by atoms with Crippen LogP contribution in [0.3, 0.4) is 0 Å². The Morgan fingerprint density at radius 3 is 2.00 bits per heavy atom. The van der Waals surface area contributed by atoms with Crippen molar-refractivity contribution in [1.82, 2.24) is 4.90 Å². The Bertz CT molecular complexity index is 1320. The van der Waals surface area contributed by atoms with Crippen LogP contribution in [0.4, 0.5) is 5.69 Å². The highest BCUT2D eigenvalue weighted by molar-refractivity contribution is 8.27. The summed E-state index contributed by atoms with van der Waals surface area (Å²) >= 11 is 8.60. The van der Waals surface area contributed by atoms with Gasteiger partial charge >= 0.3 is 0 Å². The van der Waals surface area contributed by atoms with Crippen molar-refractivity contribution in [1.29, 1.82) is 0 Å². The van der Waals surface area contributed by atoms with Gasteiger partial charge in [0.15, 0.2) is 4.32 Å². The highest BCUT2D eigenvalue weighted by atomic mass is 32.2. The van der Waals surface area contributed by atoms with Gasteiger partial charge in [0.2, 0.25) is 0 Å². The predicted molar refractivity (Wildman–Crippen MR) is 150 cm³/mol. The summed E-state index contributed by atoms with van der Waals surface area (Å²) in [7, 11) is 0. The molecular formula is C28H22N2OS3. The van der Waals surface area contributed by atoms with Gasteiger partial charge in [-0.2, -0.15) is 0 Å². The van der Waals surface area contributed by atoms with E-state index in [0.717, 1.165) is 17.3 Å². The molecule has 0 radical (unpaired) electrons. The van der Waals surface area contributed by atoms with Gasteiger partial charge in [0.25, 0.3) is 5.91 Å². The summed E-state index contributed by atoms with van der Waals surface area (Å²) in [5.74, 6) is -0.0800. The van der Waals surface area contributed by atoms with Crippen molar-refractivity contribution < 1.29 is 4.79 Å². The summed E-state index contributed by atoms with van der Waals surface area (Å²) in [6.45, 7) is 2.97. The average molecular weight is 499 g/mol. The third-order valence-corrected chi connectivity index (χ3v) is 8.06. The normalized spacial score (nSPS) is 18.6. The summed E-state index contributed by atoms with van der Waals surface area (Å²) < 4.78 is 0.556. The number of anilines is 1. The van der Waals surface area contributed by atoms with Crippen LogP contribution in [0.1, 0.15) is 18.1 Å². The molecule has 2 aliphatic heterocycles. The molecule has 0 N–H and O–H groups in total. The Morgan fingerprint density at radius 1 is 0.794 bits per heavy atom. The molecule has 1 fully saturated rings. The fraction of sp³-hybridized carbons (Fsp3) is 0.0714. The minimum absolute atomic E-state index is 0.0800. The fourth-order valence-corrected chi connectivity index (χ4v) is 6.47. The van der Waals surface area contributed by atoms with E-state index in [1.54, 1.807) is 16.7 Å². The number of carbonyl (C=O) groups excluding carboxylic acids is 1. The first-order valence-corrected chi connectivity index (χ1v) is 13.1. The molecule has 168 valence electrons. The molecule has 5 rings (SSSR count). The lowest BCUT2D eigenvalue weighted by atomic mass is 10.1. The SMILES string of the molecule is CCN1C(c2ccccc2)=C(c2ccccc2)S/C1=C\C=C1/SC(=S)N(c2ccccc2)C1=O. The lowest BCUT2D eigenvalue weighted by Gasteiger charge is -2.21. The van der Waals surface area contributed by atoms with E-state index in [2.05, 4.69) is 60.4 Å². The second-order valence-electron chi connectivity index (χ2n) is 7.64. The second-order valence-corrected chi connectivity index (χ2v) is 10.3. The van der Waals surface area contributed by atoms with E-state index in [1.807, 2.05) is 54.6 Å². The fourth-order valence-electron chi connectivity index (χ4n) is 3.98. The van der Waals surface area contributed by atoms with Crippen LogP contribution in [0.2, 0.25) is 0 Å². The summed E-state index contributed by atoms with van der Waals surface area (Å²) in [4.78, 5) is 18.9. The van der Waals surface area contributed by atoms with Crippen molar-refractivity contribution in [3.05, 3.63) is 124 Å². The molecule has 0 spiro atoms. The van der Waals surface area contributed by atoms with Crippen LogP contribution in [-0.4, -0.2) is 21.7 Å². The lowest BCUT2D eigenvalue weighted by Crippen LogP contribution is -2.27. The number of thioether (sulfide) groups is 2. The Balaban J connectivity index is 1.50. The summed E-state index contributed by atoms with van der Waals surface area (Å²) in [6.07, 6.45) is 3.95. The van der Waals surface area contributed by atoms with Gasteiger partial charge < -0.3 is 4.90 Å². The van der Waals surface area contributed by atoms with Crippen LogP contribution in [0.5, 0.6) is 0 Å². The number of benzene rings is 3. The van der Waals surface area contributed by atoms with Gasteiger partial charge in [0.1, 0.15) is 0 Å². The molecule has 0 saturated carbocycles. The second kappa shape index (κ2) is 10.1. The minimum Gasteiger partial charge on any atom is -0.335 e. The molecular weight excluding hydrogens is 477 g/mol. The number of thiocarbonyl (C=S) groups is 1. The minimum atomic E-state index is -0.0800. The van der Waals surface area contributed by atoms with Crippen LogP contribution in [0, 0.1) is 0 Å². The quantitative estimate of drug-likeness (QED) is 0.270. The van der Waals surface area contributed by atoms with Crippen molar-refractivity contribution in [3.63, 3.8) is 0 Å². The van der Waals surface area contributed by atoms with Gasteiger partial charge in [0, 0.05) is 11.4 Å². The molecule has 34 heavy (non-hydrogen) atoms. The maximum Gasteiger partial charge on any atom is 0.270 e. The molecule has 2 heterocycles. The van der Waals surface area contributed by atoms with Crippen LogP contribution >= 0.6 is 35.7 Å². The topological polar surface area (TPSA) is 23.6 Å². The zero-order valence-corrected chi connectivity index (χ0v) is 21.0. The van der Waals surface area contributed by atoms with E-state index in [1.165, 1.54) is 33.5 Å². The number of rotatable bonds is 5. The zero-order valence-electron chi connectivity index (χ0n) is 18.5. The van der Waals surface area contributed by atoms with E-state index < -0.39 is 0 Å². The lowest BCUT2D eigenvalue weighted by molar-refractivity contribution is -0.113. The maximum atomic E-state index is 13.1. The van der Waals surface area contributed by atoms with E-state index in [0.29, 0.717) is 9.23 Å². The smallest absolute Gasteiger partial charge is 0.270 e. The Morgan fingerprint density at radius 2 is 1.38 bits per heavy atom. The Kier molecular flexibility index (Phi) is 6.72. The van der Waals surface area contributed by atoms with Gasteiger partial charge in [-0.3, -0.25) is 9.69 Å². The molecule has 1 saturated heterocycles. The maximum absolute atomic E-state index is 13.1. The van der Waals surface area contributed by atoms with E-state index in [9.17, 15) is 4.79 Å². The molecule has 0 aromatic heterocycles. The van der Waals surface area contributed by atoms with Crippen molar-refractivity contribution in [2.45, 2.75) is 6.92 Å². The number of nitrogens with zero attached hydrogens (tertiary/aromatic N) is 2. The highest BCUT2D eigenvalue weighted by Crippen LogP contribution is 2.50. The van der Waals surface area contributed by atoms with Gasteiger partial charge in [-0.15, -0.1) is 0 Å².